The lowest BCUT2D eigenvalue weighted by Crippen LogP contribution is -1.80. The van der Waals surface area contributed by atoms with Crippen LogP contribution in [-0.2, 0) is 0 Å². The van der Waals surface area contributed by atoms with Crippen LogP contribution >= 0.6 is 0 Å². The summed E-state index contributed by atoms with van der Waals surface area (Å²) < 4.78 is 0. The summed E-state index contributed by atoms with van der Waals surface area (Å²) >= 11 is 0. The van der Waals surface area contributed by atoms with Crippen LogP contribution in [0.1, 0.15) is 78.1 Å². The van der Waals surface area contributed by atoms with Crippen molar-refractivity contribution in [3.8, 4) is 0 Å². The zero-order valence-electron chi connectivity index (χ0n) is 14.2. The molecule has 0 saturated carbocycles. The SMILES string of the molecule is CCCCCCCCCCCC.N=NC=NN.N=NC=NN. The van der Waals surface area contributed by atoms with Crippen LogP contribution in [-0.4, -0.2) is 12.7 Å². The van der Waals surface area contributed by atoms with Gasteiger partial charge in [0, 0.05) is 0 Å². The maximum absolute atomic E-state index is 6.00. The summed E-state index contributed by atoms with van der Waals surface area (Å²) in [5, 5.41) is 11.1. The summed E-state index contributed by atoms with van der Waals surface area (Å²) in [6.45, 7) is 4.56. The van der Waals surface area contributed by atoms with E-state index in [2.05, 4.69) is 46.0 Å². The van der Waals surface area contributed by atoms with Gasteiger partial charge >= 0.3 is 0 Å². The molecule has 0 rings (SSSR count). The van der Waals surface area contributed by atoms with Gasteiger partial charge in [-0.1, -0.05) is 78.1 Å². The first-order valence-electron chi connectivity index (χ1n) is 7.91. The van der Waals surface area contributed by atoms with Gasteiger partial charge in [0.05, 0.1) is 0 Å². The van der Waals surface area contributed by atoms with Crippen LogP contribution < -0.4 is 11.7 Å². The van der Waals surface area contributed by atoms with E-state index in [4.69, 9.17) is 11.1 Å². The predicted octanol–water partition coefficient (Wildman–Crippen LogP) is 4.77. The van der Waals surface area contributed by atoms with Crippen molar-refractivity contribution in [3.63, 3.8) is 0 Å². The van der Waals surface area contributed by atoms with E-state index in [-0.39, 0.29) is 0 Å². The second-order valence-electron chi connectivity index (χ2n) is 4.62. The predicted molar refractivity (Wildman–Crippen MR) is 93.2 cm³/mol. The molecule has 0 unspecified atom stereocenters. The summed E-state index contributed by atoms with van der Waals surface area (Å²) in [6.07, 6.45) is 16.3. The van der Waals surface area contributed by atoms with Gasteiger partial charge in [-0.3, -0.25) is 0 Å². The largest absolute Gasteiger partial charge is 0.322 e. The minimum Gasteiger partial charge on any atom is -0.322 e. The number of nitrogens with zero attached hydrogens (tertiary/aromatic N) is 4. The number of hydrogen-bond acceptors (Lipinski definition) is 6. The molecule has 8 nitrogen and oxygen atoms in total. The zero-order valence-corrected chi connectivity index (χ0v) is 14.2. The molecular weight excluding hydrogens is 280 g/mol. The molecule has 0 aliphatic heterocycles. The van der Waals surface area contributed by atoms with Crippen molar-refractivity contribution < 1.29 is 0 Å². The molecule has 0 aromatic heterocycles. The van der Waals surface area contributed by atoms with Crippen molar-refractivity contribution in [2.75, 3.05) is 0 Å². The second-order valence-corrected chi connectivity index (χ2v) is 4.62. The van der Waals surface area contributed by atoms with E-state index in [0.29, 0.717) is 0 Å². The van der Waals surface area contributed by atoms with E-state index in [9.17, 15) is 0 Å². The highest BCUT2D eigenvalue weighted by Gasteiger charge is 1.90. The molecule has 0 radical (unpaired) electrons. The Morgan fingerprint density at radius 2 is 0.909 bits per heavy atom. The van der Waals surface area contributed by atoms with E-state index in [1.165, 1.54) is 64.2 Å². The van der Waals surface area contributed by atoms with Gasteiger partial charge in [-0.05, 0) is 0 Å². The molecule has 0 saturated heterocycles. The first-order valence-corrected chi connectivity index (χ1v) is 7.91. The van der Waals surface area contributed by atoms with Crippen molar-refractivity contribution in [2.45, 2.75) is 78.1 Å². The standard InChI is InChI=1S/C12H26.2CH4N4/c1-3-5-7-9-11-12-10-8-6-4-2;2*2-4-1-5-3/h3-12H2,1-2H3;2*1-2H,3H2. The third kappa shape index (κ3) is 42.9. The average molecular weight is 314 g/mol. The topological polar surface area (TPSA) is 149 Å². The molecule has 130 valence electrons. The van der Waals surface area contributed by atoms with E-state index >= 15 is 0 Å². The fourth-order valence-electron chi connectivity index (χ4n) is 1.63. The lowest BCUT2D eigenvalue weighted by molar-refractivity contribution is 0.562. The Kier molecular flexibility index (Phi) is 36.0. The van der Waals surface area contributed by atoms with E-state index < -0.39 is 0 Å². The molecule has 6 N–H and O–H groups in total. The van der Waals surface area contributed by atoms with Crippen molar-refractivity contribution in [2.24, 2.45) is 32.1 Å². The monoisotopic (exact) mass is 314 g/mol. The highest BCUT2D eigenvalue weighted by atomic mass is 15.2. The summed E-state index contributed by atoms with van der Waals surface area (Å²) in [5.74, 6) is 8.99. The number of rotatable bonds is 11. The Balaban J connectivity index is -0.000000298. The molecule has 0 aromatic carbocycles. The van der Waals surface area contributed by atoms with Gasteiger partial charge in [0.15, 0.2) is 12.7 Å². The van der Waals surface area contributed by atoms with Crippen LogP contribution in [0.15, 0.2) is 20.4 Å². The molecule has 0 bridgehead atoms. The van der Waals surface area contributed by atoms with E-state index in [1.807, 2.05) is 0 Å². The maximum atomic E-state index is 6.00. The van der Waals surface area contributed by atoms with Gasteiger partial charge in [0.1, 0.15) is 0 Å². The number of unbranched alkanes of at least 4 members (excludes halogenated alkanes) is 9. The molecule has 0 spiro atoms. The molecular formula is C14H34N8. The third-order valence-corrected chi connectivity index (χ3v) is 2.71. The van der Waals surface area contributed by atoms with Crippen LogP contribution in [0.4, 0.5) is 0 Å². The molecule has 22 heavy (non-hydrogen) atoms. The van der Waals surface area contributed by atoms with E-state index in [0.717, 1.165) is 12.7 Å². The molecule has 0 fully saturated rings. The molecule has 8 heteroatoms. The number of nitrogens with two attached hydrogens (primary N) is 2. The number of hydrazone groups is 2. The van der Waals surface area contributed by atoms with Gasteiger partial charge in [-0.15, -0.1) is 10.2 Å². The van der Waals surface area contributed by atoms with Crippen molar-refractivity contribution in [1.29, 1.82) is 11.1 Å². The van der Waals surface area contributed by atoms with Crippen LogP contribution in [0.25, 0.3) is 0 Å². The second kappa shape index (κ2) is 31.5. The molecule has 0 atom stereocenters. The fraction of sp³-hybridized carbons (Fsp3) is 0.857. The highest BCUT2D eigenvalue weighted by molar-refractivity contribution is 5.53. The van der Waals surface area contributed by atoms with Crippen LogP contribution in [0.3, 0.4) is 0 Å². The van der Waals surface area contributed by atoms with Crippen LogP contribution in [0, 0.1) is 11.1 Å². The van der Waals surface area contributed by atoms with Gasteiger partial charge in [0.2, 0.25) is 0 Å². The smallest absolute Gasteiger partial charge is 0.156 e. The zero-order chi connectivity index (χ0) is 17.3. The highest BCUT2D eigenvalue weighted by Crippen LogP contribution is 2.09. The van der Waals surface area contributed by atoms with Gasteiger partial charge in [-0.2, -0.15) is 10.2 Å². The Labute approximate surface area is 134 Å². The lowest BCUT2D eigenvalue weighted by Gasteiger charge is -1.99. The maximum Gasteiger partial charge on any atom is 0.156 e. The Morgan fingerprint density at radius 1 is 0.636 bits per heavy atom. The first kappa shape index (κ1) is 25.1. The summed E-state index contributed by atoms with van der Waals surface area (Å²) in [7, 11) is 0. The van der Waals surface area contributed by atoms with Crippen LogP contribution in [0.2, 0.25) is 0 Å². The summed E-state index contributed by atoms with van der Waals surface area (Å²) in [5.41, 5.74) is 12.0. The molecule has 0 aromatic rings. The quantitative estimate of drug-likeness (QED) is 0.108. The molecule has 0 heterocycles. The van der Waals surface area contributed by atoms with Gasteiger partial charge in [0.25, 0.3) is 0 Å². The minimum absolute atomic E-state index is 0.944. The van der Waals surface area contributed by atoms with Crippen molar-refractivity contribution in [1.82, 2.24) is 0 Å². The van der Waals surface area contributed by atoms with Gasteiger partial charge < -0.3 is 11.7 Å². The van der Waals surface area contributed by atoms with E-state index in [1.54, 1.807) is 0 Å². The first-order chi connectivity index (χ1) is 10.7. The Hall–Kier alpha value is -1.86. The van der Waals surface area contributed by atoms with Crippen molar-refractivity contribution in [3.05, 3.63) is 0 Å². The summed E-state index contributed by atoms with van der Waals surface area (Å²) in [6, 6.07) is 0. The molecule has 0 amide bonds. The number of nitrogens with one attached hydrogen (secondary N) is 2. The van der Waals surface area contributed by atoms with Crippen molar-refractivity contribution >= 4 is 12.7 Å². The molecule has 0 aliphatic rings. The van der Waals surface area contributed by atoms with Gasteiger partial charge in [-0.25, -0.2) is 11.1 Å². The third-order valence-electron chi connectivity index (χ3n) is 2.71. The Morgan fingerprint density at radius 3 is 1.05 bits per heavy atom. The minimum atomic E-state index is 0.944. The summed E-state index contributed by atoms with van der Waals surface area (Å²) in [4.78, 5) is 0. The normalized spacial score (nSPS) is 9.73. The van der Waals surface area contributed by atoms with Crippen LogP contribution in [0.5, 0.6) is 0 Å². The lowest BCUT2D eigenvalue weighted by atomic mass is 10.1. The average Bonchev–Trinajstić information content (AvgIpc) is 2.53. The Bertz CT molecular complexity index is 227. The fourth-order valence-corrected chi connectivity index (χ4v) is 1.63. The molecule has 0 aliphatic carbocycles. The number of hydrogen-bond donors (Lipinski definition) is 4.